The highest BCUT2D eigenvalue weighted by Gasteiger charge is 2.59. The number of amides is 1. The van der Waals surface area contributed by atoms with Crippen molar-refractivity contribution < 1.29 is 13.6 Å². The SMILES string of the molecule is CC(C(=O)Nc1ccc(Cl)nn1)[C@H]1[C@@H]2C[C@H](n3cnc4cc(F)c(F)cc43)C[C@@H]21. The van der Waals surface area contributed by atoms with E-state index < -0.39 is 11.6 Å². The smallest absolute Gasteiger partial charge is 0.228 e. The number of rotatable bonds is 4. The summed E-state index contributed by atoms with van der Waals surface area (Å²) in [5.74, 6) is -0.389. The summed E-state index contributed by atoms with van der Waals surface area (Å²) in [5.41, 5.74) is 1.07. The van der Waals surface area contributed by atoms with Crippen molar-refractivity contribution in [2.45, 2.75) is 25.8 Å². The van der Waals surface area contributed by atoms with Gasteiger partial charge in [0.05, 0.1) is 17.4 Å². The van der Waals surface area contributed by atoms with E-state index in [-0.39, 0.29) is 23.0 Å². The molecule has 0 bridgehead atoms. The topological polar surface area (TPSA) is 72.7 Å². The van der Waals surface area contributed by atoms with Crippen molar-refractivity contribution in [3.05, 3.63) is 47.4 Å². The molecule has 9 heteroatoms. The molecule has 0 aliphatic heterocycles. The number of benzene rings is 1. The third kappa shape index (κ3) is 3.15. The van der Waals surface area contributed by atoms with Gasteiger partial charge < -0.3 is 9.88 Å². The maximum atomic E-state index is 13.7. The summed E-state index contributed by atoms with van der Waals surface area (Å²) in [6.45, 7) is 1.93. The zero-order valence-corrected chi connectivity index (χ0v) is 16.3. The van der Waals surface area contributed by atoms with E-state index in [0.29, 0.717) is 34.6 Å². The Kier molecular flexibility index (Phi) is 4.27. The van der Waals surface area contributed by atoms with Crippen LogP contribution in [0, 0.1) is 35.3 Å². The molecule has 2 saturated carbocycles. The van der Waals surface area contributed by atoms with Crippen molar-refractivity contribution in [2.24, 2.45) is 23.7 Å². The van der Waals surface area contributed by atoms with E-state index in [1.54, 1.807) is 18.5 Å². The fourth-order valence-electron chi connectivity index (χ4n) is 4.94. The third-order valence-electron chi connectivity index (χ3n) is 6.37. The van der Waals surface area contributed by atoms with Gasteiger partial charge in [0.25, 0.3) is 0 Å². The molecule has 6 nitrogen and oxygen atoms in total. The lowest BCUT2D eigenvalue weighted by Crippen LogP contribution is -2.24. The van der Waals surface area contributed by atoms with Crippen molar-refractivity contribution in [2.75, 3.05) is 5.32 Å². The average Bonchev–Trinajstić information content (AvgIpc) is 3.02. The number of imidazole rings is 1. The van der Waals surface area contributed by atoms with Gasteiger partial charge in [-0.1, -0.05) is 18.5 Å². The van der Waals surface area contributed by atoms with Crippen LogP contribution in [0.3, 0.4) is 0 Å². The number of nitrogens with zero attached hydrogens (tertiary/aromatic N) is 4. The maximum absolute atomic E-state index is 13.7. The molecule has 29 heavy (non-hydrogen) atoms. The van der Waals surface area contributed by atoms with Gasteiger partial charge in [-0.05, 0) is 42.7 Å². The Balaban J connectivity index is 1.25. The first kappa shape index (κ1) is 18.4. The second kappa shape index (κ2) is 6.73. The number of nitrogens with one attached hydrogen (secondary N) is 1. The zero-order chi connectivity index (χ0) is 20.3. The van der Waals surface area contributed by atoms with E-state index in [1.165, 1.54) is 6.07 Å². The number of anilines is 1. The fraction of sp³-hybridized carbons (Fsp3) is 0.400. The molecule has 5 atom stereocenters. The van der Waals surface area contributed by atoms with Crippen molar-refractivity contribution in [1.29, 1.82) is 0 Å². The van der Waals surface area contributed by atoms with E-state index in [2.05, 4.69) is 20.5 Å². The molecule has 2 fully saturated rings. The molecule has 1 N–H and O–H groups in total. The van der Waals surface area contributed by atoms with Crippen LogP contribution in [0.1, 0.15) is 25.8 Å². The molecular formula is C20H18ClF2N5O. The lowest BCUT2D eigenvalue weighted by Gasteiger charge is -2.19. The molecule has 1 aromatic carbocycles. The fourth-order valence-corrected chi connectivity index (χ4v) is 5.04. The summed E-state index contributed by atoms with van der Waals surface area (Å²) >= 11 is 5.71. The van der Waals surface area contributed by atoms with Gasteiger partial charge >= 0.3 is 0 Å². The predicted octanol–water partition coefficient (Wildman–Crippen LogP) is 4.23. The Bertz CT molecular complexity index is 1090. The summed E-state index contributed by atoms with van der Waals surface area (Å²) in [4.78, 5) is 16.8. The van der Waals surface area contributed by atoms with Crippen LogP contribution in [0.4, 0.5) is 14.6 Å². The molecule has 3 aromatic rings. The molecule has 2 aromatic heterocycles. The first-order valence-electron chi connectivity index (χ1n) is 9.54. The number of halogens is 3. The largest absolute Gasteiger partial charge is 0.327 e. The highest BCUT2D eigenvalue weighted by Crippen LogP contribution is 2.64. The standard InChI is InChI=1S/C20H18ClF2N5O/c1-9(20(29)25-18-3-2-17(21)26-27-18)19-11-4-10(5-12(11)19)28-8-24-15-6-13(22)14(23)7-16(15)28/h2-3,6-12,19H,4-5H2,1H3,(H,25,27,29)/t9?,10-,11+,12-,19-. The van der Waals surface area contributed by atoms with Gasteiger partial charge in [0.15, 0.2) is 22.6 Å². The van der Waals surface area contributed by atoms with E-state index in [1.807, 2.05) is 11.5 Å². The molecule has 5 rings (SSSR count). The molecule has 0 saturated heterocycles. The lowest BCUT2D eigenvalue weighted by atomic mass is 9.96. The minimum absolute atomic E-state index is 0.0804. The Hall–Kier alpha value is -2.61. The summed E-state index contributed by atoms with van der Waals surface area (Å²) < 4.78 is 29.0. The van der Waals surface area contributed by atoms with Crippen molar-refractivity contribution >= 4 is 34.4 Å². The van der Waals surface area contributed by atoms with Crippen molar-refractivity contribution in [3.63, 3.8) is 0 Å². The maximum Gasteiger partial charge on any atom is 0.228 e. The predicted molar refractivity (Wildman–Crippen MR) is 103 cm³/mol. The van der Waals surface area contributed by atoms with Gasteiger partial charge in [-0.15, -0.1) is 10.2 Å². The Labute approximate surface area is 170 Å². The molecule has 2 aliphatic rings. The van der Waals surface area contributed by atoms with Crippen LogP contribution in [-0.2, 0) is 4.79 Å². The second-order valence-corrected chi connectivity index (χ2v) is 8.34. The highest BCUT2D eigenvalue weighted by molar-refractivity contribution is 6.29. The van der Waals surface area contributed by atoms with Crippen LogP contribution in [0.25, 0.3) is 11.0 Å². The van der Waals surface area contributed by atoms with Crippen molar-refractivity contribution in [3.8, 4) is 0 Å². The second-order valence-electron chi connectivity index (χ2n) is 7.96. The molecule has 2 heterocycles. The molecular weight excluding hydrogens is 400 g/mol. The number of carbonyl (C=O) groups is 1. The van der Waals surface area contributed by atoms with E-state index in [9.17, 15) is 13.6 Å². The van der Waals surface area contributed by atoms with Gasteiger partial charge in [0, 0.05) is 24.1 Å². The van der Waals surface area contributed by atoms with Crippen molar-refractivity contribution in [1.82, 2.24) is 19.7 Å². The molecule has 2 aliphatic carbocycles. The minimum Gasteiger partial charge on any atom is -0.327 e. The Morgan fingerprint density at radius 3 is 2.62 bits per heavy atom. The number of hydrogen-bond donors (Lipinski definition) is 1. The molecule has 0 radical (unpaired) electrons. The van der Waals surface area contributed by atoms with Crippen LogP contribution in [0.5, 0.6) is 0 Å². The molecule has 1 amide bonds. The van der Waals surface area contributed by atoms with Crippen LogP contribution < -0.4 is 5.32 Å². The first-order valence-corrected chi connectivity index (χ1v) is 9.92. The minimum atomic E-state index is -0.887. The van der Waals surface area contributed by atoms with Crippen LogP contribution in [-0.4, -0.2) is 25.7 Å². The van der Waals surface area contributed by atoms with Gasteiger partial charge in [-0.2, -0.15) is 0 Å². The van der Waals surface area contributed by atoms with Crippen LogP contribution in [0.2, 0.25) is 5.15 Å². The molecule has 0 spiro atoms. The summed E-state index contributed by atoms with van der Waals surface area (Å²) in [6.07, 6.45) is 3.46. The summed E-state index contributed by atoms with van der Waals surface area (Å²) in [5, 5.41) is 10.6. The van der Waals surface area contributed by atoms with E-state index in [4.69, 9.17) is 11.6 Å². The number of hydrogen-bond acceptors (Lipinski definition) is 4. The first-order chi connectivity index (χ1) is 13.9. The zero-order valence-electron chi connectivity index (χ0n) is 15.5. The van der Waals surface area contributed by atoms with Gasteiger partial charge in [0.2, 0.25) is 5.91 Å². The third-order valence-corrected chi connectivity index (χ3v) is 6.57. The highest BCUT2D eigenvalue weighted by atomic mass is 35.5. The van der Waals surface area contributed by atoms with E-state index >= 15 is 0 Å². The average molecular weight is 418 g/mol. The summed E-state index contributed by atoms with van der Waals surface area (Å²) in [6, 6.07) is 5.73. The quantitative estimate of drug-likeness (QED) is 0.689. The van der Waals surface area contributed by atoms with Gasteiger partial charge in [0.1, 0.15) is 0 Å². The number of aromatic nitrogens is 4. The van der Waals surface area contributed by atoms with E-state index in [0.717, 1.165) is 18.9 Å². The number of fused-ring (bicyclic) bond motifs is 2. The normalized spacial score (nSPS) is 26.3. The van der Waals surface area contributed by atoms with Crippen LogP contribution >= 0.6 is 11.6 Å². The van der Waals surface area contributed by atoms with Gasteiger partial charge in [-0.3, -0.25) is 4.79 Å². The van der Waals surface area contributed by atoms with Crippen LogP contribution in [0.15, 0.2) is 30.6 Å². The lowest BCUT2D eigenvalue weighted by molar-refractivity contribution is -0.120. The van der Waals surface area contributed by atoms with Gasteiger partial charge in [-0.25, -0.2) is 13.8 Å². The molecule has 1 unspecified atom stereocenters. The Morgan fingerprint density at radius 2 is 1.93 bits per heavy atom. The number of carbonyl (C=O) groups excluding carboxylic acids is 1. The Morgan fingerprint density at radius 1 is 1.21 bits per heavy atom. The summed E-state index contributed by atoms with van der Waals surface area (Å²) in [7, 11) is 0. The molecule has 150 valence electrons. The monoisotopic (exact) mass is 417 g/mol.